The Morgan fingerprint density at radius 3 is 1.90 bits per heavy atom. The number of carbonyl (C=O) groups is 1. The van der Waals surface area contributed by atoms with Crippen molar-refractivity contribution in [3.05, 3.63) is 30.3 Å². The van der Waals surface area contributed by atoms with Crippen molar-refractivity contribution in [2.24, 2.45) is 17.6 Å². The molecule has 4 nitrogen and oxygen atoms in total. The first-order valence-electron chi connectivity index (χ1n) is 7.50. The van der Waals surface area contributed by atoms with E-state index in [-0.39, 0.29) is 24.0 Å². The second kappa shape index (κ2) is 8.03. The Bertz CT molecular complexity index is 429. The summed E-state index contributed by atoms with van der Waals surface area (Å²) >= 11 is 0. The van der Waals surface area contributed by atoms with Crippen LogP contribution in [0.25, 0.3) is 0 Å². The van der Waals surface area contributed by atoms with Crippen LogP contribution in [0.1, 0.15) is 34.6 Å². The molecule has 0 aromatic heterocycles. The van der Waals surface area contributed by atoms with E-state index in [1.807, 2.05) is 44.2 Å². The summed E-state index contributed by atoms with van der Waals surface area (Å²) in [4.78, 5) is 11.8. The first-order valence-corrected chi connectivity index (χ1v) is 7.50. The van der Waals surface area contributed by atoms with Gasteiger partial charge in [0.1, 0.15) is 24.0 Å². The maximum Gasteiger partial charge on any atom is 0.323 e. The van der Waals surface area contributed by atoms with E-state index in [4.69, 9.17) is 15.2 Å². The lowest BCUT2D eigenvalue weighted by molar-refractivity contribution is -0.160. The molecular weight excluding hydrogens is 266 g/mol. The number of carbonyl (C=O) groups excluding carboxylic acids is 1. The standard InChI is InChI=1S/C17H27NO3/c1-11(2)15(20-14-9-7-6-8-10-14)16(12(3)4)21-17(19)13(5)18/h6-13,15-16H,18H2,1-5H3/t13-,15+,16-/m0/s1. The van der Waals surface area contributed by atoms with E-state index in [0.717, 1.165) is 5.75 Å². The van der Waals surface area contributed by atoms with Crippen molar-refractivity contribution < 1.29 is 14.3 Å². The van der Waals surface area contributed by atoms with Crippen molar-refractivity contribution in [2.75, 3.05) is 0 Å². The van der Waals surface area contributed by atoms with Crippen LogP contribution in [0.4, 0.5) is 0 Å². The van der Waals surface area contributed by atoms with E-state index in [0.29, 0.717) is 0 Å². The number of hydrogen-bond donors (Lipinski definition) is 1. The fourth-order valence-corrected chi connectivity index (χ4v) is 2.06. The molecule has 1 rings (SSSR count). The molecule has 3 atom stereocenters. The highest BCUT2D eigenvalue weighted by atomic mass is 16.6. The zero-order valence-corrected chi connectivity index (χ0v) is 13.6. The van der Waals surface area contributed by atoms with E-state index in [9.17, 15) is 4.79 Å². The molecule has 0 amide bonds. The zero-order chi connectivity index (χ0) is 16.0. The molecule has 0 aliphatic rings. The summed E-state index contributed by atoms with van der Waals surface area (Å²) in [5, 5.41) is 0. The Morgan fingerprint density at radius 1 is 0.952 bits per heavy atom. The number of nitrogens with two attached hydrogens (primary N) is 1. The third-order valence-electron chi connectivity index (χ3n) is 3.28. The fraction of sp³-hybridized carbons (Fsp3) is 0.588. The lowest BCUT2D eigenvalue weighted by Crippen LogP contribution is -2.45. The number of esters is 1. The van der Waals surface area contributed by atoms with E-state index >= 15 is 0 Å². The predicted molar refractivity (Wildman–Crippen MR) is 84.1 cm³/mol. The van der Waals surface area contributed by atoms with Crippen LogP contribution in [0, 0.1) is 11.8 Å². The molecule has 0 saturated carbocycles. The molecule has 4 heteroatoms. The van der Waals surface area contributed by atoms with Gasteiger partial charge in [0.25, 0.3) is 0 Å². The average molecular weight is 293 g/mol. The first-order chi connectivity index (χ1) is 9.82. The summed E-state index contributed by atoms with van der Waals surface area (Å²) < 4.78 is 11.6. The Morgan fingerprint density at radius 2 is 1.48 bits per heavy atom. The lowest BCUT2D eigenvalue weighted by atomic mass is 9.93. The smallest absolute Gasteiger partial charge is 0.323 e. The highest BCUT2D eigenvalue weighted by Gasteiger charge is 2.33. The SMILES string of the molecule is CC(C)[C@@H](Oc1ccccc1)[C@@H](OC(=O)[C@H](C)N)C(C)C. The second-order valence-corrected chi connectivity index (χ2v) is 6.07. The van der Waals surface area contributed by atoms with Crippen LogP contribution in [-0.2, 0) is 9.53 Å². The summed E-state index contributed by atoms with van der Waals surface area (Å²) in [5.74, 6) is 0.733. The van der Waals surface area contributed by atoms with Gasteiger partial charge in [-0.2, -0.15) is 0 Å². The van der Waals surface area contributed by atoms with Gasteiger partial charge in [-0.3, -0.25) is 4.79 Å². The Labute approximate surface area is 127 Å². The van der Waals surface area contributed by atoms with Crippen LogP contribution in [0.15, 0.2) is 30.3 Å². The van der Waals surface area contributed by atoms with Crippen LogP contribution in [0.5, 0.6) is 5.75 Å². The van der Waals surface area contributed by atoms with Gasteiger partial charge in [-0.15, -0.1) is 0 Å². The monoisotopic (exact) mass is 293 g/mol. The van der Waals surface area contributed by atoms with E-state index in [2.05, 4.69) is 13.8 Å². The third kappa shape index (κ3) is 5.38. The number of ether oxygens (including phenoxy) is 2. The first kappa shape index (κ1) is 17.5. The third-order valence-corrected chi connectivity index (χ3v) is 3.28. The number of para-hydroxylation sites is 1. The Balaban J connectivity index is 2.90. The summed E-state index contributed by atoms with van der Waals surface area (Å²) in [6.07, 6.45) is -0.543. The largest absolute Gasteiger partial charge is 0.486 e. The van der Waals surface area contributed by atoms with Crippen LogP contribution in [0.3, 0.4) is 0 Å². The van der Waals surface area contributed by atoms with E-state index in [1.54, 1.807) is 6.92 Å². The van der Waals surface area contributed by atoms with Gasteiger partial charge in [0, 0.05) is 0 Å². The van der Waals surface area contributed by atoms with Gasteiger partial charge >= 0.3 is 5.97 Å². The molecule has 0 unspecified atom stereocenters. The van der Waals surface area contributed by atoms with Crippen molar-refractivity contribution in [3.8, 4) is 5.75 Å². The molecule has 0 spiro atoms. The summed E-state index contributed by atoms with van der Waals surface area (Å²) in [6, 6.07) is 8.96. The number of hydrogen-bond acceptors (Lipinski definition) is 4. The van der Waals surface area contributed by atoms with Gasteiger partial charge in [0.15, 0.2) is 0 Å². The molecule has 21 heavy (non-hydrogen) atoms. The van der Waals surface area contributed by atoms with Crippen molar-refractivity contribution >= 4 is 5.97 Å². The van der Waals surface area contributed by atoms with E-state index < -0.39 is 12.0 Å². The van der Waals surface area contributed by atoms with E-state index in [1.165, 1.54) is 0 Å². The fourth-order valence-electron chi connectivity index (χ4n) is 2.06. The summed E-state index contributed by atoms with van der Waals surface area (Å²) in [5.41, 5.74) is 5.60. The van der Waals surface area contributed by atoms with Gasteiger partial charge in [0.2, 0.25) is 0 Å². The zero-order valence-electron chi connectivity index (χ0n) is 13.6. The topological polar surface area (TPSA) is 61.5 Å². The van der Waals surface area contributed by atoms with Crippen LogP contribution >= 0.6 is 0 Å². The van der Waals surface area contributed by atoms with Crippen LogP contribution in [0.2, 0.25) is 0 Å². The molecule has 0 radical (unpaired) electrons. The molecule has 0 heterocycles. The predicted octanol–water partition coefficient (Wildman–Crippen LogP) is 3.01. The van der Waals surface area contributed by atoms with Gasteiger partial charge in [-0.1, -0.05) is 45.9 Å². The molecule has 118 valence electrons. The van der Waals surface area contributed by atoms with Crippen LogP contribution < -0.4 is 10.5 Å². The van der Waals surface area contributed by atoms with Crippen LogP contribution in [-0.4, -0.2) is 24.2 Å². The Hall–Kier alpha value is -1.55. The van der Waals surface area contributed by atoms with Crippen molar-refractivity contribution in [2.45, 2.75) is 52.9 Å². The lowest BCUT2D eigenvalue weighted by Gasteiger charge is -2.33. The minimum Gasteiger partial charge on any atom is -0.486 e. The van der Waals surface area contributed by atoms with Gasteiger partial charge in [-0.05, 0) is 30.9 Å². The molecule has 0 aliphatic carbocycles. The molecule has 0 bridgehead atoms. The average Bonchev–Trinajstić information content (AvgIpc) is 2.42. The quantitative estimate of drug-likeness (QED) is 0.785. The molecule has 0 aliphatic heterocycles. The van der Waals surface area contributed by atoms with Crippen molar-refractivity contribution in [3.63, 3.8) is 0 Å². The number of benzene rings is 1. The highest BCUT2D eigenvalue weighted by molar-refractivity contribution is 5.75. The minimum absolute atomic E-state index is 0.142. The normalized spacial score (nSPS) is 15.6. The molecule has 0 saturated heterocycles. The molecule has 0 fully saturated rings. The molecule has 1 aromatic rings. The number of rotatable bonds is 7. The van der Waals surface area contributed by atoms with Gasteiger partial charge < -0.3 is 15.2 Å². The van der Waals surface area contributed by atoms with Gasteiger partial charge in [0.05, 0.1) is 0 Å². The van der Waals surface area contributed by atoms with Crippen molar-refractivity contribution in [1.82, 2.24) is 0 Å². The van der Waals surface area contributed by atoms with Crippen molar-refractivity contribution in [1.29, 1.82) is 0 Å². The summed E-state index contributed by atoms with van der Waals surface area (Å²) in [7, 11) is 0. The Kier molecular flexibility index (Phi) is 6.69. The second-order valence-electron chi connectivity index (χ2n) is 6.07. The summed E-state index contributed by atoms with van der Waals surface area (Å²) in [6.45, 7) is 9.78. The highest BCUT2D eigenvalue weighted by Crippen LogP contribution is 2.24. The molecule has 2 N–H and O–H groups in total. The maximum absolute atomic E-state index is 11.8. The maximum atomic E-state index is 11.8. The molecule has 1 aromatic carbocycles. The van der Waals surface area contributed by atoms with Gasteiger partial charge in [-0.25, -0.2) is 0 Å². The molecular formula is C17H27NO3. The minimum atomic E-state index is -0.629.